The van der Waals surface area contributed by atoms with Gasteiger partial charge in [-0.25, -0.2) is 13.1 Å². The van der Waals surface area contributed by atoms with Gasteiger partial charge in [0.05, 0.1) is 4.90 Å². The lowest BCUT2D eigenvalue weighted by Gasteiger charge is -2.32. The maximum atomic E-state index is 11.6. The van der Waals surface area contributed by atoms with Crippen LogP contribution in [0.1, 0.15) is 27.2 Å². The van der Waals surface area contributed by atoms with Crippen LogP contribution in [-0.4, -0.2) is 28.1 Å². The van der Waals surface area contributed by atoms with Crippen molar-refractivity contribution in [1.82, 2.24) is 4.72 Å². The standard InChI is InChI=1S/C14H25N3O2S/c1-14(2,3)13(9-10-15)17-11-5-7-12(8-6-11)20(18,19)16-4/h5-8,13,16-17H,9-10,15H2,1-4H3. The minimum atomic E-state index is -3.38. The van der Waals surface area contributed by atoms with Crippen molar-refractivity contribution in [3.63, 3.8) is 0 Å². The lowest BCUT2D eigenvalue weighted by Crippen LogP contribution is -2.35. The monoisotopic (exact) mass is 299 g/mol. The molecule has 0 radical (unpaired) electrons. The Bertz CT molecular complexity index is 518. The largest absolute Gasteiger partial charge is 0.382 e. The van der Waals surface area contributed by atoms with E-state index in [9.17, 15) is 8.42 Å². The summed E-state index contributed by atoms with van der Waals surface area (Å²) in [6, 6.07) is 6.98. The maximum absolute atomic E-state index is 11.6. The van der Waals surface area contributed by atoms with Crippen LogP contribution in [0.25, 0.3) is 0 Å². The molecule has 0 spiro atoms. The second kappa shape index (κ2) is 6.56. The molecule has 5 nitrogen and oxygen atoms in total. The van der Waals surface area contributed by atoms with Gasteiger partial charge in [-0.15, -0.1) is 0 Å². The molecule has 0 aliphatic heterocycles. The van der Waals surface area contributed by atoms with Gasteiger partial charge in [0.25, 0.3) is 0 Å². The van der Waals surface area contributed by atoms with Crippen molar-refractivity contribution in [1.29, 1.82) is 0 Å². The van der Waals surface area contributed by atoms with Crippen LogP contribution < -0.4 is 15.8 Å². The number of rotatable bonds is 6. The summed E-state index contributed by atoms with van der Waals surface area (Å²) in [6.07, 6.45) is 0.861. The van der Waals surface area contributed by atoms with Crippen molar-refractivity contribution in [2.75, 3.05) is 18.9 Å². The van der Waals surface area contributed by atoms with Crippen molar-refractivity contribution in [2.24, 2.45) is 11.1 Å². The molecular weight excluding hydrogens is 274 g/mol. The number of nitrogens with one attached hydrogen (secondary N) is 2. The lowest BCUT2D eigenvalue weighted by atomic mass is 9.84. The van der Waals surface area contributed by atoms with Crippen LogP contribution in [-0.2, 0) is 10.0 Å². The summed E-state index contributed by atoms with van der Waals surface area (Å²) < 4.78 is 25.6. The second-order valence-electron chi connectivity index (χ2n) is 5.87. The fraction of sp³-hybridized carbons (Fsp3) is 0.571. The highest BCUT2D eigenvalue weighted by Crippen LogP contribution is 2.25. The molecule has 1 aromatic rings. The Morgan fingerprint density at radius 1 is 1.20 bits per heavy atom. The molecule has 0 aliphatic rings. The summed E-state index contributed by atoms with van der Waals surface area (Å²) in [5.74, 6) is 0. The van der Waals surface area contributed by atoms with Gasteiger partial charge in [-0.1, -0.05) is 20.8 Å². The Kier molecular flexibility index (Phi) is 5.56. The Balaban J connectivity index is 2.89. The Morgan fingerprint density at radius 2 is 1.75 bits per heavy atom. The first kappa shape index (κ1) is 16.9. The quantitative estimate of drug-likeness (QED) is 0.747. The number of anilines is 1. The first-order valence-corrected chi connectivity index (χ1v) is 8.19. The molecule has 114 valence electrons. The Hall–Kier alpha value is -1.11. The molecule has 0 bridgehead atoms. The fourth-order valence-corrected chi connectivity index (χ4v) is 2.67. The predicted molar refractivity (Wildman–Crippen MR) is 83.2 cm³/mol. The minimum absolute atomic E-state index is 0.0785. The highest BCUT2D eigenvalue weighted by atomic mass is 32.2. The van der Waals surface area contributed by atoms with E-state index in [2.05, 4.69) is 30.8 Å². The van der Waals surface area contributed by atoms with E-state index in [-0.39, 0.29) is 16.4 Å². The van der Waals surface area contributed by atoms with Gasteiger partial charge in [-0.3, -0.25) is 0 Å². The zero-order valence-corrected chi connectivity index (χ0v) is 13.4. The van der Waals surface area contributed by atoms with E-state index < -0.39 is 10.0 Å². The molecule has 0 aliphatic carbocycles. The summed E-state index contributed by atoms with van der Waals surface area (Å²) in [5.41, 5.74) is 6.63. The van der Waals surface area contributed by atoms with Crippen LogP contribution in [0.5, 0.6) is 0 Å². The van der Waals surface area contributed by atoms with E-state index >= 15 is 0 Å². The van der Waals surface area contributed by atoms with Crippen molar-refractivity contribution < 1.29 is 8.42 Å². The van der Waals surface area contributed by atoms with E-state index in [0.717, 1.165) is 12.1 Å². The van der Waals surface area contributed by atoms with Gasteiger partial charge in [0.1, 0.15) is 0 Å². The van der Waals surface area contributed by atoms with Crippen LogP contribution in [0, 0.1) is 5.41 Å². The Morgan fingerprint density at radius 3 is 2.15 bits per heavy atom. The van der Waals surface area contributed by atoms with E-state index in [1.54, 1.807) is 24.3 Å². The molecule has 1 unspecified atom stereocenters. The lowest BCUT2D eigenvalue weighted by molar-refractivity contribution is 0.329. The van der Waals surface area contributed by atoms with E-state index in [1.807, 2.05) is 0 Å². The molecule has 0 amide bonds. The molecule has 1 atom stereocenters. The molecule has 1 rings (SSSR count). The molecule has 0 aromatic heterocycles. The van der Waals surface area contributed by atoms with Crippen molar-refractivity contribution in [3.8, 4) is 0 Å². The molecular formula is C14H25N3O2S. The van der Waals surface area contributed by atoms with E-state index in [4.69, 9.17) is 5.73 Å². The van der Waals surface area contributed by atoms with Crippen LogP contribution in [0.3, 0.4) is 0 Å². The normalized spacial score (nSPS) is 14.1. The molecule has 20 heavy (non-hydrogen) atoms. The van der Waals surface area contributed by atoms with Crippen molar-refractivity contribution in [2.45, 2.75) is 38.1 Å². The van der Waals surface area contributed by atoms with Crippen LogP contribution in [0.2, 0.25) is 0 Å². The molecule has 1 aromatic carbocycles. The third kappa shape index (κ3) is 4.47. The van der Waals surface area contributed by atoms with Crippen LogP contribution in [0.4, 0.5) is 5.69 Å². The summed E-state index contributed by atoms with van der Waals surface area (Å²) in [6.45, 7) is 7.07. The van der Waals surface area contributed by atoms with Crippen molar-refractivity contribution >= 4 is 15.7 Å². The molecule has 0 saturated carbocycles. The zero-order valence-electron chi connectivity index (χ0n) is 12.6. The average molecular weight is 299 g/mol. The highest BCUT2D eigenvalue weighted by Gasteiger charge is 2.23. The highest BCUT2D eigenvalue weighted by molar-refractivity contribution is 7.89. The SMILES string of the molecule is CNS(=O)(=O)c1ccc(NC(CCN)C(C)(C)C)cc1. The van der Waals surface area contributed by atoms with Gasteiger partial charge < -0.3 is 11.1 Å². The number of sulfonamides is 1. The summed E-state index contributed by atoms with van der Waals surface area (Å²) in [4.78, 5) is 0.261. The smallest absolute Gasteiger partial charge is 0.240 e. The third-order valence-corrected chi connectivity index (χ3v) is 4.71. The molecule has 4 N–H and O–H groups in total. The Labute approximate surface area is 122 Å². The number of hydrogen-bond donors (Lipinski definition) is 3. The third-order valence-electron chi connectivity index (χ3n) is 3.27. The first-order chi connectivity index (χ1) is 9.20. The molecule has 6 heteroatoms. The molecule has 0 saturated heterocycles. The second-order valence-corrected chi connectivity index (χ2v) is 7.76. The zero-order chi connectivity index (χ0) is 15.4. The fourth-order valence-electron chi connectivity index (χ4n) is 1.94. The van der Waals surface area contributed by atoms with Gasteiger partial charge >= 0.3 is 0 Å². The van der Waals surface area contributed by atoms with E-state index in [0.29, 0.717) is 6.54 Å². The first-order valence-electron chi connectivity index (χ1n) is 6.71. The van der Waals surface area contributed by atoms with Crippen LogP contribution in [0.15, 0.2) is 29.2 Å². The van der Waals surface area contributed by atoms with Crippen LogP contribution >= 0.6 is 0 Å². The minimum Gasteiger partial charge on any atom is -0.382 e. The summed E-state index contributed by atoms with van der Waals surface area (Å²) in [7, 11) is -1.98. The van der Waals surface area contributed by atoms with Crippen molar-refractivity contribution in [3.05, 3.63) is 24.3 Å². The van der Waals surface area contributed by atoms with Gasteiger partial charge in [0.2, 0.25) is 10.0 Å². The van der Waals surface area contributed by atoms with Gasteiger partial charge in [-0.05, 0) is 49.7 Å². The van der Waals surface area contributed by atoms with Gasteiger partial charge in [0.15, 0.2) is 0 Å². The molecule has 0 heterocycles. The topological polar surface area (TPSA) is 84.2 Å². The van der Waals surface area contributed by atoms with Gasteiger partial charge in [0, 0.05) is 11.7 Å². The molecule has 0 fully saturated rings. The predicted octanol–water partition coefficient (Wildman–Crippen LogP) is 1.77. The summed E-state index contributed by atoms with van der Waals surface area (Å²) >= 11 is 0. The number of nitrogens with two attached hydrogens (primary N) is 1. The maximum Gasteiger partial charge on any atom is 0.240 e. The number of benzene rings is 1. The van der Waals surface area contributed by atoms with Gasteiger partial charge in [-0.2, -0.15) is 0 Å². The van der Waals surface area contributed by atoms with E-state index in [1.165, 1.54) is 7.05 Å². The average Bonchev–Trinajstić information content (AvgIpc) is 2.38. The summed E-state index contributed by atoms with van der Waals surface area (Å²) in [5, 5.41) is 3.42. The number of hydrogen-bond acceptors (Lipinski definition) is 4.